The summed E-state index contributed by atoms with van der Waals surface area (Å²) < 4.78 is 6.59. The molecule has 2 atom stereocenters. The number of rotatable bonds is 4. The van der Waals surface area contributed by atoms with Crippen molar-refractivity contribution in [3.05, 3.63) is 18.5 Å². The normalized spacial score (nSPS) is 21.8. The van der Waals surface area contributed by atoms with E-state index in [0.29, 0.717) is 17.9 Å². The van der Waals surface area contributed by atoms with Crippen molar-refractivity contribution in [1.82, 2.24) is 10.3 Å². The smallest absolute Gasteiger partial charge is 0.412 e. The predicted molar refractivity (Wildman–Crippen MR) is 102 cm³/mol. The number of pyridine rings is 1. The van der Waals surface area contributed by atoms with Gasteiger partial charge in [-0.15, -0.1) is 0 Å². The van der Waals surface area contributed by atoms with Crippen LogP contribution < -0.4 is 16.0 Å². The highest BCUT2D eigenvalue weighted by molar-refractivity contribution is 6.74. The summed E-state index contributed by atoms with van der Waals surface area (Å²) in [5, 5.41) is 13.2. The van der Waals surface area contributed by atoms with Gasteiger partial charge < -0.3 is 20.6 Å². The van der Waals surface area contributed by atoms with E-state index in [1.807, 2.05) is 0 Å². The van der Waals surface area contributed by atoms with Crippen LogP contribution in [0.25, 0.3) is 0 Å². The fraction of sp³-hybridized carbons (Fsp3) is 0.647. The summed E-state index contributed by atoms with van der Waals surface area (Å²) in [6, 6.07) is 1.31. The molecule has 0 saturated carbocycles. The molecular formula is C17H30N4O3Si. The number of aromatic nitrogens is 1. The number of hydrogen-bond donors (Lipinski definition) is 3. The van der Waals surface area contributed by atoms with E-state index in [2.05, 4.69) is 44.2 Å². The van der Waals surface area contributed by atoms with Crippen molar-refractivity contribution in [2.75, 3.05) is 23.7 Å². The second-order valence-corrected chi connectivity index (χ2v) is 12.8. The highest BCUT2D eigenvalue weighted by Crippen LogP contribution is 2.39. The minimum Gasteiger partial charge on any atom is -0.465 e. The van der Waals surface area contributed by atoms with Crippen LogP contribution in [0.3, 0.4) is 0 Å². The molecule has 140 valence electrons. The van der Waals surface area contributed by atoms with Gasteiger partial charge in [-0.2, -0.15) is 0 Å². The maximum absolute atomic E-state index is 12.0. The molecule has 2 rings (SSSR count). The third-order valence-corrected chi connectivity index (χ3v) is 9.77. The lowest BCUT2D eigenvalue weighted by Gasteiger charge is -2.45. The quantitative estimate of drug-likeness (QED) is 0.708. The Bertz CT molecular complexity index is 618. The molecular weight excluding hydrogens is 336 g/mol. The van der Waals surface area contributed by atoms with E-state index >= 15 is 0 Å². The van der Waals surface area contributed by atoms with E-state index in [-0.39, 0.29) is 17.2 Å². The molecule has 1 aromatic heterocycles. The van der Waals surface area contributed by atoms with Gasteiger partial charge in [-0.3, -0.25) is 9.88 Å². The molecule has 4 N–H and O–H groups in total. The van der Waals surface area contributed by atoms with Crippen LogP contribution in [0.4, 0.5) is 16.2 Å². The van der Waals surface area contributed by atoms with Crippen LogP contribution in [0.15, 0.2) is 18.5 Å². The summed E-state index contributed by atoms with van der Waals surface area (Å²) >= 11 is 0. The molecule has 2 unspecified atom stereocenters. The summed E-state index contributed by atoms with van der Waals surface area (Å²) in [7, 11) is -2.02. The molecule has 1 aliphatic rings. The lowest BCUT2D eigenvalue weighted by molar-refractivity contribution is 0.116. The first-order chi connectivity index (χ1) is 11.5. The van der Waals surface area contributed by atoms with E-state index in [4.69, 9.17) is 10.2 Å². The van der Waals surface area contributed by atoms with Gasteiger partial charge in [0.15, 0.2) is 8.32 Å². The summed E-state index contributed by atoms with van der Waals surface area (Å²) in [4.78, 5) is 17.3. The van der Waals surface area contributed by atoms with Gasteiger partial charge in [0.05, 0.1) is 29.7 Å². The second kappa shape index (κ2) is 7.31. The number of nitrogen functional groups attached to an aromatic ring is 1. The first-order valence-corrected chi connectivity index (χ1v) is 11.6. The summed E-state index contributed by atoms with van der Waals surface area (Å²) in [5.74, 6) is 0. The number of carbonyl (C=O) groups is 1. The number of carboxylic acid groups (broad SMARTS) is 1. The maximum Gasteiger partial charge on any atom is 0.412 e. The van der Waals surface area contributed by atoms with Gasteiger partial charge in [-0.1, -0.05) is 20.8 Å². The Hall–Kier alpha value is -1.64. The van der Waals surface area contributed by atoms with Crippen molar-refractivity contribution in [1.29, 1.82) is 0 Å². The fourth-order valence-electron chi connectivity index (χ4n) is 2.81. The first kappa shape index (κ1) is 19.7. The number of nitrogens with two attached hydrogens (primary N) is 1. The number of hydrogen-bond acceptors (Lipinski definition) is 5. The molecule has 25 heavy (non-hydrogen) atoms. The maximum atomic E-state index is 12.0. The SMILES string of the molecule is CC(C)(C)[Si](C)(C)OC1CCNCC1N(C(=O)O)c1ccncc1N. The molecule has 1 fully saturated rings. The number of amides is 1. The van der Waals surface area contributed by atoms with Gasteiger partial charge >= 0.3 is 6.09 Å². The molecule has 1 aromatic rings. The highest BCUT2D eigenvalue weighted by Gasteiger charge is 2.43. The average molecular weight is 367 g/mol. The Morgan fingerprint density at radius 1 is 1.48 bits per heavy atom. The monoisotopic (exact) mass is 366 g/mol. The molecule has 0 radical (unpaired) electrons. The minimum atomic E-state index is -2.02. The largest absolute Gasteiger partial charge is 0.465 e. The van der Waals surface area contributed by atoms with Gasteiger partial charge in [-0.25, -0.2) is 4.79 Å². The molecule has 2 heterocycles. The molecule has 0 bridgehead atoms. The number of piperidine rings is 1. The number of nitrogens with zero attached hydrogens (tertiary/aromatic N) is 2. The summed E-state index contributed by atoms with van der Waals surface area (Å²) in [5.41, 5.74) is 6.79. The fourth-order valence-corrected chi connectivity index (χ4v) is 4.20. The zero-order valence-electron chi connectivity index (χ0n) is 15.7. The van der Waals surface area contributed by atoms with Gasteiger partial charge in [0.2, 0.25) is 0 Å². The van der Waals surface area contributed by atoms with Crippen molar-refractivity contribution < 1.29 is 14.3 Å². The van der Waals surface area contributed by atoms with Crippen LogP contribution in [-0.4, -0.2) is 49.7 Å². The Balaban J connectivity index is 2.35. The first-order valence-electron chi connectivity index (χ1n) is 8.65. The topological polar surface area (TPSA) is 101 Å². The van der Waals surface area contributed by atoms with Gasteiger partial charge in [0, 0.05) is 12.7 Å². The van der Waals surface area contributed by atoms with Crippen molar-refractivity contribution in [3.63, 3.8) is 0 Å². The van der Waals surface area contributed by atoms with E-state index in [9.17, 15) is 9.90 Å². The standard InChI is InChI=1S/C17H30N4O3Si/c1-17(2,3)25(4,5)24-15-7-9-20-11-14(15)21(16(22)23)13-6-8-19-10-12(13)18/h6,8,10,14-15,20H,7,9,11,18H2,1-5H3,(H,22,23). The van der Waals surface area contributed by atoms with Crippen LogP contribution in [0.1, 0.15) is 27.2 Å². The third kappa shape index (κ3) is 4.31. The van der Waals surface area contributed by atoms with Crippen LogP contribution in [0.2, 0.25) is 18.1 Å². The second-order valence-electron chi connectivity index (χ2n) is 8.06. The summed E-state index contributed by atoms with van der Waals surface area (Å²) in [6.07, 6.45) is 2.61. The third-order valence-electron chi connectivity index (χ3n) is 5.27. The number of anilines is 2. The number of nitrogens with one attached hydrogen (secondary N) is 1. The predicted octanol–water partition coefficient (Wildman–Crippen LogP) is 2.90. The zero-order chi connectivity index (χ0) is 18.8. The van der Waals surface area contributed by atoms with Crippen LogP contribution in [0, 0.1) is 0 Å². The van der Waals surface area contributed by atoms with Crippen molar-refractivity contribution in [2.45, 2.75) is 57.5 Å². The van der Waals surface area contributed by atoms with Crippen molar-refractivity contribution in [2.24, 2.45) is 0 Å². The molecule has 0 aromatic carbocycles. The molecule has 0 aliphatic carbocycles. The van der Waals surface area contributed by atoms with Gasteiger partial charge in [0.25, 0.3) is 0 Å². The Morgan fingerprint density at radius 3 is 2.72 bits per heavy atom. The van der Waals surface area contributed by atoms with Crippen LogP contribution >= 0.6 is 0 Å². The lowest BCUT2D eigenvalue weighted by atomic mass is 10.0. The van der Waals surface area contributed by atoms with Crippen molar-refractivity contribution >= 4 is 25.8 Å². The lowest BCUT2D eigenvalue weighted by Crippen LogP contribution is -2.60. The molecule has 0 spiro atoms. The molecule has 1 saturated heterocycles. The van der Waals surface area contributed by atoms with E-state index in [0.717, 1.165) is 13.0 Å². The van der Waals surface area contributed by atoms with E-state index < -0.39 is 14.4 Å². The Labute approximate surface area is 150 Å². The highest BCUT2D eigenvalue weighted by atomic mass is 28.4. The molecule has 1 amide bonds. The molecule has 7 nitrogen and oxygen atoms in total. The van der Waals surface area contributed by atoms with E-state index in [1.54, 1.807) is 12.3 Å². The summed E-state index contributed by atoms with van der Waals surface area (Å²) in [6.45, 7) is 12.3. The Kier molecular flexibility index (Phi) is 5.75. The van der Waals surface area contributed by atoms with Crippen molar-refractivity contribution in [3.8, 4) is 0 Å². The van der Waals surface area contributed by atoms with Crippen LogP contribution in [0.5, 0.6) is 0 Å². The minimum absolute atomic E-state index is 0.0617. The molecule has 1 aliphatic heterocycles. The van der Waals surface area contributed by atoms with Crippen LogP contribution in [-0.2, 0) is 4.43 Å². The van der Waals surface area contributed by atoms with E-state index in [1.165, 1.54) is 11.1 Å². The van der Waals surface area contributed by atoms with Gasteiger partial charge in [0.1, 0.15) is 0 Å². The average Bonchev–Trinajstić information content (AvgIpc) is 2.49. The van der Waals surface area contributed by atoms with Gasteiger partial charge in [-0.05, 0) is 37.2 Å². The molecule has 8 heteroatoms. The zero-order valence-corrected chi connectivity index (χ0v) is 16.7. The Morgan fingerprint density at radius 2 is 2.16 bits per heavy atom.